The van der Waals surface area contributed by atoms with Crippen LogP contribution in [0.1, 0.15) is 0 Å². The lowest BCUT2D eigenvalue weighted by Gasteiger charge is -2.01. The Morgan fingerprint density at radius 1 is 1.25 bits per heavy atom. The molecule has 0 aromatic carbocycles. The predicted molar refractivity (Wildman–Crippen MR) is 44.4 cm³/mol. The minimum Gasteiger partial charge on any atom is -0.411 e. The second-order valence-corrected chi connectivity index (χ2v) is 2.32. The van der Waals surface area contributed by atoms with Crippen LogP contribution in [0.5, 0.6) is 5.75 Å². The molecule has 2 heterocycles. The lowest BCUT2D eigenvalue weighted by Crippen LogP contribution is -2.02. The first-order valence-electron chi connectivity index (χ1n) is 3.47. The first-order chi connectivity index (χ1) is 5.92. The molecule has 12 heavy (non-hydrogen) atoms. The SMILES string of the molecule is NOc1ccnc2ccncc12. The van der Waals surface area contributed by atoms with Gasteiger partial charge in [0.05, 0.1) is 10.9 Å². The van der Waals surface area contributed by atoms with E-state index in [2.05, 4.69) is 14.8 Å². The van der Waals surface area contributed by atoms with E-state index in [1.54, 1.807) is 30.7 Å². The molecule has 0 unspecified atom stereocenters. The number of nitrogens with two attached hydrogens (primary N) is 1. The van der Waals surface area contributed by atoms with E-state index in [1.807, 2.05) is 0 Å². The molecule has 0 saturated heterocycles. The zero-order valence-corrected chi connectivity index (χ0v) is 6.27. The van der Waals surface area contributed by atoms with Crippen molar-refractivity contribution in [3.05, 3.63) is 30.7 Å². The summed E-state index contributed by atoms with van der Waals surface area (Å²) in [6.07, 6.45) is 4.99. The molecule has 0 saturated carbocycles. The quantitative estimate of drug-likeness (QED) is 0.631. The smallest absolute Gasteiger partial charge is 0.159 e. The number of hydrogen-bond acceptors (Lipinski definition) is 4. The molecule has 0 bridgehead atoms. The highest BCUT2D eigenvalue weighted by Gasteiger charge is 2.00. The summed E-state index contributed by atoms with van der Waals surface area (Å²) in [7, 11) is 0. The summed E-state index contributed by atoms with van der Waals surface area (Å²) in [6.45, 7) is 0. The minimum absolute atomic E-state index is 0.591. The van der Waals surface area contributed by atoms with Gasteiger partial charge in [0.25, 0.3) is 0 Å². The van der Waals surface area contributed by atoms with Gasteiger partial charge in [0, 0.05) is 24.7 Å². The van der Waals surface area contributed by atoms with E-state index in [-0.39, 0.29) is 0 Å². The number of fused-ring (bicyclic) bond motifs is 1. The fraction of sp³-hybridized carbons (Fsp3) is 0. The van der Waals surface area contributed by atoms with Crippen molar-refractivity contribution in [1.29, 1.82) is 0 Å². The second-order valence-electron chi connectivity index (χ2n) is 2.32. The van der Waals surface area contributed by atoms with E-state index in [9.17, 15) is 0 Å². The Morgan fingerprint density at radius 3 is 3.00 bits per heavy atom. The van der Waals surface area contributed by atoms with Crippen LogP contribution in [0.15, 0.2) is 30.7 Å². The van der Waals surface area contributed by atoms with Gasteiger partial charge in [-0.15, -0.1) is 0 Å². The van der Waals surface area contributed by atoms with Crippen molar-refractivity contribution in [3.63, 3.8) is 0 Å². The first-order valence-corrected chi connectivity index (χ1v) is 3.47. The van der Waals surface area contributed by atoms with Crippen LogP contribution in [-0.4, -0.2) is 9.97 Å². The third-order valence-electron chi connectivity index (χ3n) is 1.63. The molecule has 0 spiro atoms. The van der Waals surface area contributed by atoms with Crippen molar-refractivity contribution in [2.24, 2.45) is 5.90 Å². The molecule has 4 nitrogen and oxygen atoms in total. The highest BCUT2D eigenvalue weighted by atomic mass is 16.6. The van der Waals surface area contributed by atoms with Crippen molar-refractivity contribution in [1.82, 2.24) is 9.97 Å². The Balaban J connectivity index is 2.79. The average Bonchev–Trinajstić information content (AvgIpc) is 2.17. The first kappa shape index (κ1) is 7.00. The van der Waals surface area contributed by atoms with E-state index in [0.717, 1.165) is 10.9 Å². The Bertz CT molecular complexity index is 397. The fourth-order valence-corrected chi connectivity index (χ4v) is 1.07. The van der Waals surface area contributed by atoms with E-state index >= 15 is 0 Å². The number of hydrogen-bond donors (Lipinski definition) is 1. The monoisotopic (exact) mass is 161 g/mol. The van der Waals surface area contributed by atoms with Crippen molar-refractivity contribution in [3.8, 4) is 5.75 Å². The van der Waals surface area contributed by atoms with Gasteiger partial charge in [0.1, 0.15) is 0 Å². The summed E-state index contributed by atoms with van der Waals surface area (Å²) in [4.78, 5) is 12.7. The van der Waals surface area contributed by atoms with E-state index < -0.39 is 0 Å². The molecular weight excluding hydrogens is 154 g/mol. The average molecular weight is 161 g/mol. The van der Waals surface area contributed by atoms with Crippen LogP contribution in [-0.2, 0) is 0 Å². The highest BCUT2D eigenvalue weighted by Crippen LogP contribution is 2.20. The summed E-state index contributed by atoms with van der Waals surface area (Å²) in [6, 6.07) is 3.50. The largest absolute Gasteiger partial charge is 0.411 e. The summed E-state index contributed by atoms with van der Waals surface area (Å²) in [5.74, 6) is 5.65. The maximum Gasteiger partial charge on any atom is 0.159 e. The number of pyridine rings is 2. The normalized spacial score (nSPS) is 10.1. The van der Waals surface area contributed by atoms with Crippen LogP contribution in [0.4, 0.5) is 0 Å². The second kappa shape index (κ2) is 2.75. The molecule has 0 fully saturated rings. The topological polar surface area (TPSA) is 61.0 Å². The highest BCUT2D eigenvalue weighted by molar-refractivity contribution is 5.83. The molecule has 0 atom stereocenters. The third kappa shape index (κ3) is 0.981. The number of nitrogens with zero attached hydrogens (tertiary/aromatic N) is 2. The Morgan fingerprint density at radius 2 is 2.17 bits per heavy atom. The fourth-order valence-electron chi connectivity index (χ4n) is 1.07. The molecule has 0 amide bonds. The van der Waals surface area contributed by atoms with Crippen molar-refractivity contribution in [2.45, 2.75) is 0 Å². The number of aromatic nitrogens is 2. The van der Waals surface area contributed by atoms with Crippen LogP contribution in [0.25, 0.3) is 10.9 Å². The summed E-state index contributed by atoms with van der Waals surface area (Å²) in [5, 5.41) is 0.822. The van der Waals surface area contributed by atoms with Gasteiger partial charge < -0.3 is 4.84 Å². The van der Waals surface area contributed by atoms with Crippen molar-refractivity contribution < 1.29 is 4.84 Å². The molecule has 2 rings (SSSR count). The zero-order chi connectivity index (χ0) is 8.39. The van der Waals surface area contributed by atoms with Gasteiger partial charge in [-0.1, -0.05) is 0 Å². The van der Waals surface area contributed by atoms with Gasteiger partial charge in [-0.2, -0.15) is 5.90 Å². The molecule has 0 aliphatic rings. The molecule has 60 valence electrons. The minimum atomic E-state index is 0.591. The van der Waals surface area contributed by atoms with E-state index in [0.29, 0.717) is 5.75 Å². The van der Waals surface area contributed by atoms with Crippen molar-refractivity contribution in [2.75, 3.05) is 0 Å². The van der Waals surface area contributed by atoms with Crippen LogP contribution < -0.4 is 10.7 Å². The van der Waals surface area contributed by atoms with Crippen LogP contribution in [0, 0.1) is 0 Å². The molecule has 0 radical (unpaired) electrons. The van der Waals surface area contributed by atoms with Gasteiger partial charge in [0.2, 0.25) is 0 Å². The standard InChI is InChI=1S/C8H7N3O/c9-12-8-2-4-11-7-1-3-10-5-6(7)8/h1-5H,9H2. The molecule has 2 N–H and O–H groups in total. The summed E-state index contributed by atoms with van der Waals surface area (Å²) < 4.78 is 0. The molecule has 0 aliphatic heterocycles. The molecule has 2 aromatic rings. The van der Waals surface area contributed by atoms with E-state index in [1.165, 1.54) is 0 Å². The lowest BCUT2D eigenvalue weighted by atomic mass is 10.2. The predicted octanol–water partition coefficient (Wildman–Crippen LogP) is 0.882. The third-order valence-corrected chi connectivity index (χ3v) is 1.63. The van der Waals surface area contributed by atoms with Gasteiger partial charge >= 0.3 is 0 Å². The molecular formula is C8H7N3O. The Labute approximate surface area is 69.0 Å². The van der Waals surface area contributed by atoms with Crippen LogP contribution >= 0.6 is 0 Å². The maximum atomic E-state index is 5.06. The Hall–Kier alpha value is -1.68. The van der Waals surface area contributed by atoms with Gasteiger partial charge in [0.15, 0.2) is 5.75 Å². The Kier molecular flexibility index (Phi) is 1.60. The summed E-state index contributed by atoms with van der Waals surface area (Å²) in [5.41, 5.74) is 0.827. The zero-order valence-electron chi connectivity index (χ0n) is 6.27. The number of rotatable bonds is 1. The van der Waals surface area contributed by atoms with Crippen LogP contribution in [0.3, 0.4) is 0 Å². The van der Waals surface area contributed by atoms with Gasteiger partial charge in [-0.05, 0) is 6.07 Å². The lowest BCUT2D eigenvalue weighted by molar-refractivity contribution is 0.338. The van der Waals surface area contributed by atoms with E-state index in [4.69, 9.17) is 5.90 Å². The molecule has 4 heteroatoms. The maximum absolute atomic E-state index is 5.06. The molecule has 2 aromatic heterocycles. The summed E-state index contributed by atoms with van der Waals surface area (Å²) >= 11 is 0. The van der Waals surface area contributed by atoms with Crippen molar-refractivity contribution >= 4 is 10.9 Å². The van der Waals surface area contributed by atoms with Crippen LogP contribution in [0.2, 0.25) is 0 Å². The van der Waals surface area contributed by atoms with Gasteiger partial charge in [-0.3, -0.25) is 9.97 Å². The molecule has 0 aliphatic carbocycles. The van der Waals surface area contributed by atoms with Gasteiger partial charge in [-0.25, -0.2) is 0 Å².